The summed E-state index contributed by atoms with van der Waals surface area (Å²) < 4.78 is 1.34. The minimum Gasteiger partial charge on any atom is -0.367 e. The average molecular weight is 240 g/mol. The van der Waals surface area contributed by atoms with Crippen LogP contribution in [0.15, 0.2) is 6.33 Å². The lowest BCUT2D eigenvalue weighted by atomic mass is 10.4. The van der Waals surface area contributed by atoms with Gasteiger partial charge >= 0.3 is 0 Å². The van der Waals surface area contributed by atoms with E-state index in [0.717, 1.165) is 0 Å². The van der Waals surface area contributed by atoms with E-state index < -0.39 is 0 Å². The Hall–Kier alpha value is -2.12. The molecule has 0 saturated carbocycles. The highest BCUT2D eigenvalue weighted by molar-refractivity contribution is 5.84. The van der Waals surface area contributed by atoms with E-state index in [9.17, 15) is 9.59 Å². The average Bonchev–Trinajstić information content (AvgIpc) is 2.70. The number of aromatic nitrogens is 3. The number of carbonyl (C=O) groups excluding carboxylic acids is 2. The zero-order valence-corrected chi connectivity index (χ0v) is 9.88. The van der Waals surface area contributed by atoms with Crippen LogP contribution in [0.3, 0.4) is 0 Å². The molecular weight excluding hydrogens is 224 g/mol. The van der Waals surface area contributed by atoms with Crippen molar-refractivity contribution < 1.29 is 9.59 Å². The van der Waals surface area contributed by atoms with Gasteiger partial charge in [0.25, 0.3) is 0 Å². The van der Waals surface area contributed by atoms with Crippen LogP contribution in [0.1, 0.15) is 6.92 Å². The van der Waals surface area contributed by atoms with Gasteiger partial charge in [-0.25, -0.2) is 9.67 Å². The van der Waals surface area contributed by atoms with Gasteiger partial charge < -0.3 is 16.0 Å². The maximum Gasteiger partial charge on any atom is 0.244 e. The largest absolute Gasteiger partial charge is 0.367 e. The fourth-order valence-corrected chi connectivity index (χ4v) is 1.25. The van der Waals surface area contributed by atoms with E-state index in [1.807, 2.05) is 0 Å². The van der Waals surface area contributed by atoms with Crippen LogP contribution in [-0.2, 0) is 16.1 Å². The van der Waals surface area contributed by atoms with Crippen molar-refractivity contribution >= 4 is 17.8 Å². The Balaban J connectivity index is 2.57. The third kappa shape index (κ3) is 3.74. The Morgan fingerprint density at radius 2 is 2.29 bits per heavy atom. The van der Waals surface area contributed by atoms with Crippen LogP contribution in [0.5, 0.6) is 0 Å². The molecule has 2 amide bonds. The normalized spacial score (nSPS) is 10.0. The van der Waals surface area contributed by atoms with Gasteiger partial charge in [-0.15, -0.1) is 5.10 Å². The summed E-state index contributed by atoms with van der Waals surface area (Å²) in [5, 5.41) is 6.27. The molecule has 8 nitrogen and oxygen atoms in total. The highest BCUT2D eigenvalue weighted by atomic mass is 16.2. The zero-order valence-electron chi connectivity index (χ0n) is 9.88. The Kier molecular flexibility index (Phi) is 4.44. The molecule has 0 saturated heterocycles. The van der Waals surface area contributed by atoms with Crippen LogP contribution in [0.25, 0.3) is 0 Å². The SMILES string of the molecule is CCN(CC(=O)NC)C(=O)Cn1cnc(N)n1. The van der Waals surface area contributed by atoms with E-state index in [1.165, 1.54) is 23.0 Å². The zero-order chi connectivity index (χ0) is 12.8. The first kappa shape index (κ1) is 12.9. The summed E-state index contributed by atoms with van der Waals surface area (Å²) >= 11 is 0. The second-order valence-electron chi connectivity index (χ2n) is 3.38. The molecule has 0 radical (unpaired) electrons. The number of nitrogens with two attached hydrogens (primary N) is 1. The van der Waals surface area contributed by atoms with Gasteiger partial charge in [-0.1, -0.05) is 0 Å². The first-order valence-corrected chi connectivity index (χ1v) is 5.20. The Morgan fingerprint density at radius 3 is 2.76 bits per heavy atom. The lowest BCUT2D eigenvalue weighted by Crippen LogP contribution is -2.41. The number of carbonyl (C=O) groups is 2. The maximum atomic E-state index is 11.8. The van der Waals surface area contributed by atoms with Crippen LogP contribution in [-0.4, -0.2) is 51.6 Å². The first-order chi connectivity index (χ1) is 8.06. The topological polar surface area (TPSA) is 106 Å². The van der Waals surface area contributed by atoms with Crippen molar-refractivity contribution in [3.05, 3.63) is 6.33 Å². The summed E-state index contributed by atoms with van der Waals surface area (Å²) in [6, 6.07) is 0. The minimum absolute atomic E-state index is 0.0229. The molecule has 1 heterocycles. The van der Waals surface area contributed by atoms with Crippen molar-refractivity contribution in [1.29, 1.82) is 0 Å². The van der Waals surface area contributed by atoms with Crippen molar-refractivity contribution in [2.75, 3.05) is 25.9 Å². The highest BCUT2D eigenvalue weighted by Crippen LogP contribution is 1.95. The number of hydrogen-bond donors (Lipinski definition) is 2. The van der Waals surface area contributed by atoms with E-state index in [0.29, 0.717) is 6.54 Å². The third-order valence-corrected chi connectivity index (χ3v) is 2.20. The van der Waals surface area contributed by atoms with Crippen molar-refractivity contribution in [2.45, 2.75) is 13.5 Å². The quantitative estimate of drug-likeness (QED) is 0.648. The molecule has 94 valence electrons. The van der Waals surface area contributed by atoms with Gasteiger partial charge in [0, 0.05) is 13.6 Å². The summed E-state index contributed by atoms with van der Waals surface area (Å²) in [5.74, 6) is -0.300. The molecule has 1 aromatic rings. The van der Waals surface area contributed by atoms with Crippen LogP contribution >= 0.6 is 0 Å². The van der Waals surface area contributed by atoms with E-state index in [1.54, 1.807) is 6.92 Å². The van der Waals surface area contributed by atoms with Crippen LogP contribution in [0.2, 0.25) is 0 Å². The Bertz CT molecular complexity index is 402. The standard InChI is InChI=1S/C9H16N6O2/c1-3-14(4-7(16)11-2)8(17)5-15-6-12-9(10)13-15/h6H,3-5H2,1-2H3,(H2,10,13)(H,11,16). The molecule has 0 bridgehead atoms. The van der Waals surface area contributed by atoms with Gasteiger partial charge in [0.1, 0.15) is 12.9 Å². The maximum absolute atomic E-state index is 11.8. The van der Waals surface area contributed by atoms with Gasteiger partial charge in [0.15, 0.2) is 0 Å². The lowest BCUT2D eigenvalue weighted by Gasteiger charge is -2.19. The van der Waals surface area contributed by atoms with E-state index in [2.05, 4.69) is 15.4 Å². The molecule has 17 heavy (non-hydrogen) atoms. The van der Waals surface area contributed by atoms with Gasteiger partial charge in [-0.2, -0.15) is 0 Å². The molecule has 0 fully saturated rings. The molecule has 0 unspecified atom stereocenters. The van der Waals surface area contributed by atoms with Gasteiger partial charge in [0.2, 0.25) is 17.8 Å². The van der Waals surface area contributed by atoms with Crippen molar-refractivity contribution in [1.82, 2.24) is 25.0 Å². The molecule has 1 aromatic heterocycles. The fourth-order valence-electron chi connectivity index (χ4n) is 1.25. The summed E-state index contributed by atoms with van der Waals surface area (Å²) in [7, 11) is 1.53. The summed E-state index contributed by atoms with van der Waals surface area (Å²) in [5.41, 5.74) is 5.33. The number of likely N-dealkylation sites (N-methyl/N-ethyl adjacent to an activating group) is 2. The Morgan fingerprint density at radius 1 is 1.59 bits per heavy atom. The smallest absolute Gasteiger partial charge is 0.244 e. The number of rotatable bonds is 5. The molecule has 1 rings (SSSR count). The summed E-state index contributed by atoms with van der Waals surface area (Å²) in [4.78, 5) is 28.1. The predicted molar refractivity (Wildman–Crippen MR) is 60.8 cm³/mol. The van der Waals surface area contributed by atoms with Crippen LogP contribution in [0.4, 0.5) is 5.95 Å². The number of nitrogens with zero attached hydrogens (tertiary/aromatic N) is 4. The number of amides is 2. The highest BCUT2D eigenvalue weighted by Gasteiger charge is 2.15. The molecule has 0 aliphatic rings. The van der Waals surface area contributed by atoms with Gasteiger partial charge in [-0.05, 0) is 6.92 Å². The number of nitrogens with one attached hydrogen (secondary N) is 1. The molecule has 0 atom stereocenters. The van der Waals surface area contributed by atoms with Crippen molar-refractivity contribution in [3.63, 3.8) is 0 Å². The van der Waals surface area contributed by atoms with Crippen molar-refractivity contribution in [3.8, 4) is 0 Å². The summed E-state index contributed by atoms with van der Waals surface area (Å²) in [6.07, 6.45) is 1.38. The van der Waals surface area contributed by atoms with E-state index in [4.69, 9.17) is 5.73 Å². The van der Waals surface area contributed by atoms with Crippen LogP contribution < -0.4 is 11.1 Å². The molecule has 0 aliphatic heterocycles. The lowest BCUT2D eigenvalue weighted by molar-refractivity contribution is -0.136. The van der Waals surface area contributed by atoms with Crippen molar-refractivity contribution in [2.24, 2.45) is 0 Å². The minimum atomic E-state index is -0.210. The molecule has 0 aliphatic carbocycles. The molecular formula is C9H16N6O2. The number of hydrogen-bond acceptors (Lipinski definition) is 5. The molecule has 0 aromatic carbocycles. The van der Waals surface area contributed by atoms with E-state index in [-0.39, 0.29) is 30.9 Å². The second kappa shape index (κ2) is 5.83. The predicted octanol–water partition coefficient (Wildman–Crippen LogP) is -1.55. The van der Waals surface area contributed by atoms with Crippen LogP contribution in [0, 0.1) is 0 Å². The molecule has 0 spiro atoms. The third-order valence-electron chi connectivity index (χ3n) is 2.20. The fraction of sp³-hybridized carbons (Fsp3) is 0.556. The van der Waals surface area contributed by atoms with Gasteiger partial charge in [0.05, 0.1) is 6.54 Å². The van der Waals surface area contributed by atoms with E-state index >= 15 is 0 Å². The molecule has 8 heteroatoms. The van der Waals surface area contributed by atoms with Gasteiger partial charge in [-0.3, -0.25) is 9.59 Å². The first-order valence-electron chi connectivity index (χ1n) is 5.20. The monoisotopic (exact) mass is 240 g/mol. The number of anilines is 1. The molecule has 3 N–H and O–H groups in total. The summed E-state index contributed by atoms with van der Waals surface area (Å²) in [6.45, 7) is 2.32. The Labute approximate surface area is 98.8 Å². The number of nitrogen functional groups attached to an aromatic ring is 1. The second-order valence-corrected chi connectivity index (χ2v) is 3.38.